The smallest absolute Gasteiger partial charge is 0.307 e. The first-order valence-electron chi connectivity index (χ1n) is 7.32. The predicted molar refractivity (Wildman–Crippen MR) is 104 cm³/mol. The van der Waals surface area contributed by atoms with Crippen LogP contribution in [0.15, 0.2) is 48.8 Å². The maximum absolute atomic E-state index is 12.2. The van der Waals surface area contributed by atoms with E-state index >= 15 is 0 Å². The fourth-order valence-corrected chi connectivity index (χ4v) is 3.98. The van der Waals surface area contributed by atoms with Crippen LogP contribution >= 0.6 is 43.5 Å². The number of carbonyl (C=O) groups excluding carboxylic acids is 1. The van der Waals surface area contributed by atoms with Crippen molar-refractivity contribution >= 4 is 66.6 Å². The number of nitrogens with one attached hydrogen (secondary N) is 1. The van der Waals surface area contributed by atoms with Crippen molar-refractivity contribution in [2.75, 3.05) is 6.79 Å². The van der Waals surface area contributed by atoms with Gasteiger partial charge in [0.15, 0.2) is 17.3 Å². The van der Waals surface area contributed by atoms with E-state index in [-0.39, 0.29) is 12.6 Å². The zero-order valence-electron chi connectivity index (χ0n) is 12.9. The van der Waals surface area contributed by atoms with Crippen molar-refractivity contribution in [1.82, 2.24) is 5.43 Å². The fraction of sp³-hybridized carbons (Fsp3) is 0.0588. The Labute approximate surface area is 169 Å². The molecule has 2 heterocycles. The average Bonchev–Trinajstić information content (AvgIpc) is 3.21. The number of hydrogen-bond donors (Lipinski definition) is 1. The Morgan fingerprint density at radius 1 is 1.15 bits per heavy atom. The molecule has 2 aromatic carbocycles. The SMILES string of the molecule is O=C(N/N=C\c1cc2c(cc1Cl)OCO2)c1cc2cc(Br)cc(Br)c2o1. The molecule has 4 rings (SSSR count). The number of benzene rings is 2. The Kier molecular flexibility index (Phi) is 4.64. The van der Waals surface area contributed by atoms with Crippen molar-refractivity contribution in [1.29, 1.82) is 0 Å². The first kappa shape index (κ1) is 17.4. The lowest BCUT2D eigenvalue weighted by atomic mass is 10.2. The van der Waals surface area contributed by atoms with Gasteiger partial charge in [-0.1, -0.05) is 27.5 Å². The Morgan fingerprint density at radius 2 is 1.92 bits per heavy atom. The number of amides is 1. The molecule has 1 N–H and O–H groups in total. The van der Waals surface area contributed by atoms with Gasteiger partial charge in [0.25, 0.3) is 0 Å². The Morgan fingerprint density at radius 3 is 2.73 bits per heavy atom. The van der Waals surface area contributed by atoms with E-state index in [1.807, 2.05) is 12.1 Å². The molecule has 6 nitrogen and oxygen atoms in total. The first-order chi connectivity index (χ1) is 12.5. The largest absolute Gasteiger partial charge is 0.454 e. The maximum atomic E-state index is 12.2. The summed E-state index contributed by atoms with van der Waals surface area (Å²) in [6, 6.07) is 8.67. The average molecular weight is 501 g/mol. The molecule has 3 aromatic rings. The van der Waals surface area contributed by atoms with Gasteiger partial charge >= 0.3 is 5.91 Å². The summed E-state index contributed by atoms with van der Waals surface area (Å²) >= 11 is 13.0. The van der Waals surface area contributed by atoms with Crippen LogP contribution in [0.3, 0.4) is 0 Å². The Hall–Kier alpha value is -2.03. The maximum Gasteiger partial charge on any atom is 0.307 e. The summed E-state index contributed by atoms with van der Waals surface area (Å²) in [6.07, 6.45) is 1.43. The van der Waals surface area contributed by atoms with E-state index in [0.717, 1.165) is 14.3 Å². The summed E-state index contributed by atoms with van der Waals surface area (Å²) in [6.45, 7) is 0.153. The van der Waals surface area contributed by atoms with Gasteiger partial charge in [-0.05, 0) is 40.2 Å². The number of hydrazone groups is 1. The normalized spacial score (nSPS) is 12.9. The number of hydrogen-bond acceptors (Lipinski definition) is 5. The van der Waals surface area contributed by atoms with Crippen LogP contribution in [0.1, 0.15) is 16.1 Å². The van der Waals surface area contributed by atoms with Crippen molar-refractivity contribution < 1.29 is 18.7 Å². The van der Waals surface area contributed by atoms with E-state index in [1.54, 1.807) is 18.2 Å². The van der Waals surface area contributed by atoms with E-state index in [0.29, 0.717) is 27.7 Å². The van der Waals surface area contributed by atoms with Crippen molar-refractivity contribution in [3.05, 3.63) is 55.6 Å². The lowest BCUT2D eigenvalue weighted by Gasteiger charge is -2.01. The van der Waals surface area contributed by atoms with Crippen molar-refractivity contribution in [3.63, 3.8) is 0 Å². The topological polar surface area (TPSA) is 73.1 Å². The van der Waals surface area contributed by atoms with E-state index in [1.165, 1.54) is 6.21 Å². The highest BCUT2D eigenvalue weighted by Gasteiger charge is 2.16. The molecule has 1 aromatic heterocycles. The van der Waals surface area contributed by atoms with Crippen LogP contribution in [-0.2, 0) is 0 Å². The zero-order chi connectivity index (χ0) is 18.3. The van der Waals surface area contributed by atoms with Crippen molar-refractivity contribution in [2.45, 2.75) is 0 Å². The number of nitrogens with zero attached hydrogens (tertiary/aromatic N) is 1. The first-order valence-corrected chi connectivity index (χ1v) is 9.29. The molecule has 1 amide bonds. The monoisotopic (exact) mass is 498 g/mol. The summed E-state index contributed by atoms with van der Waals surface area (Å²) in [4.78, 5) is 12.2. The minimum Gasteiger partial charge on any atom is -0.454 e. The van der Waals surface area contributed by atoms with Crippen LogP contribution in [0.25, 0.3) is 11.0 Å². The molecule has 0 fully saturated rings. The second kappa shape index (κ2) is 6.94. The molecule has 0 bridgehead atoms. The van der Waals surface area contributed by atoms with Gasteiger partial charge in [0, 0.05) is 21.5 Å². The van der Waals surface area contributed by atoms with E-state index < -0.39 is 5.91 Å². The summed E-state index contributed by atoms with van der Waals surface area (Å²) in [5, 5.41) is 5.15. The molecule has 26 heavy (non-hydrogen) atoms. The van der Waals surface area contributed by atoms with Gasteiger partial charge in [-0.2, -0.15) is 5.10 Å². The molecule has 0 spiro atoms. The number of carbonyl (C=O) groups is 1. The third-order valence-electron chi connectivity index (χ3n) is 3.62. The molecule has 1 aliphatic heterocycles. The highest BCUT2D eigenvalue weighted by atomic mass is 79.9. The predicted octanol–water partition coefficient (Wildman–Crippen LogP) is 5.10. The van der Waals surface area contributed by atoms with E-state index in [2.05, 4.69) is 42.4 Å². The molecule has 0 aliphatic carbocycles. The summed E-state index contributed by atoms with van der Waals surface area (Å²) in [5.41, 5.74) is 3.59. The van der Waals surface area contributed by atoms with Gasteiger partial charge in [-0.3, -0.25) is 4.79 Å². The summed E-state index contributed by atoms with van der Waals surface area (Å²) in [5.74, 6) is 0.829. The van der Waals surface area contributed by atoms with E-state index in [4.69, 9.17) is 25.5 Å². The second-order valence-electron chi connectivity index (χ2n) is 5.34. The molecule has 0 saturated heterocycles. The second-order valence-corrected chi connectivity index (χ2v) is 7.52. The third kappa shape index (κ3) is 3.32. The van der Waals surface area contributed by atoms with E-state index in [9.17, 15) is 4.79 Å². The number of fused-ring (bicyclic) bond motifs is 2. The molecule has 0 radical (unpaired) electrons. The van der Waals surface area contributed by atoms with Gasteiger partial charge in [0.2, 0.25) is 6.79 Å². The highest BCUT2D eigenvalue weighted by molar-refractivity contribution is 9.11. The van der Waals surface area contributed by atoms with Crippen LogP contribution in [-0.4, -0.2) is 18.9 Å². The van der Waals surface area contributed by atoms with Crippen LogP contribution in [0.2, 0.25) is 5.02 Å². The lowest BCUT2D eigenvalue weighted by molar-refractivity contribution is 0.0929. The van der Waals surface area contributed by atoms with Crippen LogP contribution in [0.5, 0.6) is 11.5 Å². The van der Waals surface area contributed by atoms with Crippen molar-refractivity contribution in [2.24, 2.45) is 5.10 Å². The van der Waals surface area contributed by atoms with Crippen LogP contribution < -0.4 is 14.9 Å². The molecular weight excluding hydrogens is 491 g/mol. The third-order valence-corrected chi connectivity index (χ3v) is 5.00. The molecule has 0 unspecified atom stereocenters. The Balaban J connectivity index is 1.52. The standard InChI is InChI=1S/C17H9Br2ClN2O4/c18-10-1-8-2-15(26-16(8)11(19)4-10)17(23)22-21-6-9-3-13-14(5-12(9)20)25-7-24-13/h1-6H,7H2,(H,22,23)/b21-6-. The van der Waals surface area contributed by atoms with Gasteiger partial charge in [0.05, 0.1) is 15.7 Å². The Bertz CT molecular complexity index is 1060. The fourth-order valence-electron chi connectivity index (χ4n) is 2.44. The van der Waals surface area contributed by atoms with Gasteiger partial charge in [-0.15, -0.1) is 0 Å². The number of rotatable bonds is 3. The summed E-state index contributed by atoms with van der Waals surface area (Å²) < 4.78 is 17.7. The molecular formula is C17H9Br2ClN2O4. The molecule has 0 saturated carbocycles. The molecule has 1 aliphatic rings. The molecule has 0 atom stereocenters. The molecule has 9 heteroatoms. The van der Waals surface area contributed by atoms with Crippen LogP contribution in [0.4, 0.5) is 0 Å². The number of ether oxygens (including phenoxy) is 2. The summed E-state index contributed by atoms with van der Waals surface area (Å²) in [7, 11) is 0. The zero-order valence-corrected chi connectivity index (χ0v) is 16.8. The number of halogens is 3. The van der Waals surface area contributed by atoms with Gasteiger partial charge < -0.3 is 13.9 Å². The number of furan rings is 1. The van der Waals surface area contributed by atoms with Gasteiger partial charge in [-0.25, -0.2) is 5.43 Å². The highest BCUT2D eigenvalue weighted by Crippen LogP contribution is 2.36. The van der Waals surface area contributed by atoms with Crippen LogP contribution in [0, 0.1) is 0 Å². The lowest BCUT2D eigenvalue weighted by Crippen LogP contribution is -2.16. The minimum atomic E-state index is -0.475. The minimum absolute atomic E-state index is 0.146. The molecule has 132 valence electrons. The van der Waals surface area contributed by atoms with Gasteiger partial charge in [0.1, 0.15) is 5.58 Å². The quantitative estimate of drug-likeness (QED) is 0.401. The van der Waals surface area contributed by atoms with Crippen molar-refractivity contribution in [3.8, 4) is 11.5 Å².